The van der Waals surface area contributed by atoms with Crippen LogP contribution in [0.5, 0.6) is 5.75 Å². The number of ether oxygens (including phenoxy) is 2. The van der Waals surface area contributed by atoms with E-state index in [1.165, 1.54) is 0 Å². The lowest BCUT2D eigenvalue weighted by molar-refractivity contribution is -0.140. The van der Waals surface area contributed by atoms with Gasteiger partial charge in [-0.25, -0.2) is 9.59 Å². The van der Waals surface area contributed by atoms with Crippen LogP contribution in [0.15, 0.2) is 59.3 Å². The van der Waals surface area contributed by atoms with E-state index in [2.05, 4.69) is 27.9 Å². The summed E-state index contributed by atoms with van der Waals surface area (Å²) in [6.45, 7) is 3.28. The lowest BCUT2D eigenvalue weighted by atomic mass is 9.80. The minimum atomic E-state index is -1.07. The van der Waals surface area contributed by atoms with Crippen LogP contribution >= 0.6 is 22.6 Å². The molecule has 0 saturated carbocycles. The molecule has 4 rings (SSSR count). The van der Waals surface area contributed by atoms with Gasteiger partial charge in [-0.3, -0.25) is 4.79 Å². The summed E-state index contributed by atoms with van der Waals surface area (Å²) < 4.78 is 11.3. The molecule has 8 heteroatoms. The van der Waals surface area contributed by atoms with Crippen LogP contribution in [0.1, 0.15) is 41.3 Å². The number of benzene rings is 2. The second-order valence-electron chi connectivity index (χ2n) is 7.35. The van der Waals surface area contributed by atoms with Crippen LogP contribution in [0.3, 0.4) is 0 Å². The van der Waals surface area contributed by atoms with Gasteiger partial charge in [0, 0.05) is 28.3 Å². The molecule has 2 aromatic carbocycles. The number of hydrogen-bond acceptors (Lipinski definition) is 6. The van der Waals surface area contributed by atoms with Crippen molar-refractivity contribution < 1.29 is 29.0 Å². The number of rotatable bonds is 6. The van der Waals surface area contributed by atoms with Crippen LogP contribution in [0.2, 0.25) is 0 Å². The number of carbonyl (C=O) groups excluding carboxylic acids is 2. The lowest BCUT2D eigenvalue weighted by Crippen LogP contribution is -2.29. The molecule has 0 fully saturated rings. The van der Waals surface area contributed by atoms with Gasteiger partial charge in [-0.1, -0.05) is 30.3 Å². The van der Waals surface area contributed by atoms with Crippen molar-refractivity contribution in [3.05, 3.63) is 79.6 Å². The number of esters is 1. The van der Waals surface area contributed by atoms with Gasteiger partial charge in [0.2, 0.25) is 0 Å². The number of Topliss-reactive ketones (excluding diaryl/α,β-unsaturated/α-hetero) is 1. The molecule has 0 aromatic heterocycles. The Morgan fingerprint density at radius 3 is 2.53 bits per heavy atom. The van der Waals surface area contributed by atoms with Gasteiger partial charge in [-0.05, 0) is 54.1 Å². The number of nitrogens with one attached hydrogen (secondary N) is 1. The molecule has 0 amide bonds. The summed E-state index contributed by atoms with van der Waals surface area (Å²) in [5.41, 5.74) is 4.30. The van der Waals surface area contributed by atoms with Crippen molar-refractivity contribution in [2.45, 2.75) is 19.8 Å². The zero-order valence-electron chi connectivity index (χ0n) is 17.4. The summed E-state index contributed by atoms with van der Waals surface area (Å²) in [6, 6.07) is 12.6. The maximum Gasteiger partial charge on any atom is 0.341 e. The minimum Gasteiger partial charge on any atom is -0.481 e. The van der Waals surface area contributed by atoms with E-state index in [0.717, 1.165) is 11.1 Å². The second kappa shape index (κ2) is 8.78. The van der Waals surface area contributed by atoms with Crippen molar-refractivity contribution in [1.29, 1.82) is 0 Å². The smallest absolute Gasteiger partial charge is 0.341 e. The molecule has 0 saturated heterocycles. The third-order valence-corrected chi connectivity index (χ3v) is 6.23. The van der Waals surface area contributed by atoms with Crippen LogP contribution in [0.4, 0.5) is 0 Å². The number of allylic oxidation sites excluding steroid dienone is 2. The van der Waals surface area contributed by atoms with Gasteiger partial charge in [-0.15, -0.1) is 0 Å². The second-order valence-corrected chi connectivity index (χ2v) is 8.52. The number of carboxylic acids is 1. The largest absolute Gasteiger partial charge is 0.481 e. The highest BCUT2D eigenvalue weighted by molar-refractivity contribution is 14.1. The van der Waals surface area contributed by atoms with E-state index in [1.807, 2.05) is 18.2 Å². The van der Waals surface area contributed by atoms with E-state index in [4.69, 9.17) is 14.6 Å². The summed E-state index contributed by atoms with van der Waals surface area (Å²) in [7, 11) is 0. The van der Waals surface area contributed by atoms with Gasteiger partial charge in [-0.2, -0.15) is 0 Å². The third kappa shape index (κ3) is 3.79. The molecule has 2 aliphatic rings. The summed E-state index contributed by atoms with van der Waals surface area (Å²) in [5.74, 6) is -1.91. The van der Waals surface area contributed by atoms with E-state index in [-0.39, 0.29) is 12.4 Å². The average Bonchev–Trinajstić information content (AvgIpc) is 3.04. The molecule has 1 heterocycles. The molecule has 1 aliphatic carbocycles. The Kier molecular flexibility index (Phi) is 6.05. The summed E-state index contributed by atoms with van der Waals surface area (Å²) in [5, 5.41) is 12.1. The Morgan fingerprint density at radius 1 is 1.16 bits per heavy atom. The molecule has 0 spiro atoms. The maximum absolute atomic E-state index is 13.4. The molecule has 164 valence electrons. The van der Waals surface area contributed by atoms with Gasteiger partial charge < -0.3 is 19.9 Å². The summed E-state index contributed by atoms with van der Waals surface area (Å²) in [4.78, 5) is 37.2. The fourth-order valence-corrected chi connectivity index (χ4v) is 4.79. The topological polar surface area (TPSA) is 102 Å². The fourth-order valence-electron chi connectivity index (χ4n) is 4.09. The summed E-state index contributed by atoms with van der Waals surface area (Å²) in [6.07, 6.45) is 0. The van der Waals surface area contributed by atoms with Gasteiger partial charge in [0.1, 0.15) is 5.75 Å². The zero-order valence-corrected chi connectivity index (χ0v) is 19.6. The number of fused-ring (bicyclic) bond motifs is 2. The molecule has 1 aliphatic heterocycles. The van der Waals surface area contributed by atoms with Crippen LogP contribution in [0.25, 0.3) is 5.70 Å². The van der Waals surface area contributed by atoms with Gasteiger partial charge >= 0.3 is 11.9 Å². The van der Waals surface area contributed by atoms with Gasteiger partial charge in [0.15, 0.2) is 12.4 Å². The first-order valence-corrected chi connectivity index (χ1v) is 11.1. The molecule has 2 N–H and O–H groups in total. The Balaban J connectivity index is 1.84. The number of carbonyl (C=O) groups is 3. The first-order chi connectivity index (χ1) is 15.3. The molecular formula is C24H20INO6. The van der Waals surface area contributed by atoms with Crippen molar-refractivity contribution in [2.75, 3.05) is 13.2 Å². The van der Waals surface area contributed by atoms with E-state index in [1.54, 1.807) is 38.1 Å². The highest BCUT2D eigenvalue weighted by Crippen LogP contribution is 2.47. The number of aliphatic carboxylic acids is 1. The molecule has 7 nitrogen and oxygen atoms in total. The molecule has 2 aromatic rings. The number of dihydropyridines is 1. The SMILES string of the molecule is CCOC(=O)C1=C(C)NC2=C(C(=O)c3ccccc32)[C@H]1c1ccc(OCC(=O)O)c(I)c1. The number of halogens is 1. The Morgan fingerprint density at radius 2 is 1.88 bits per heavy atom. The number of ketones is 1. The van der Waals surface area contributed by atoms with Crippen LogP contribution < -0.4 is 10.1 Å². The third-order valence-electron chi connectivity index (χ3n) is 5.38. The van der Waals surface area contributed by atoms with Crippen molar-refractivity contribution in [2.24, 2.45) is 0 Å². The average molecular weight is 545 g/mol. The number of carboxylic acid groups (broad SMARTS) is 1. The molecule has 0 bridgehead atoms. The van der Waals surface area contributed by atoms with E-state index < -0.39 is 24.5 Å². The predicted molar refractivity (Wildman–Crippen MR) is 125 cm³/mol. The van der Waals surface area contributed by atoms with Crippen LogP contribution in [-0.2, 0) is 14.3 Å². The first kappa shape index (κ1) is 22.1. The van der Waals surface area contributed by atoms with Crippen LogP contribution in [-0.4, -0.2) is 36.0 Å². The number of hydrogen-bond donors (Lipinski definition) is 2. The molecule has 32 heavy (non-hydrogen) atoms. The molecule has 1 atom stereocenters. The quantitative estimate of drug-likeness (QED) is 0.420. The summed E-state index contributed by atoms with van der Waals surface area (Å²) >= 11 is 2.05. The Bertz CT molecular complexity index is 1210. The maximum atomic E-state index is 13.4. The monoisotopic (exact) mass is 545 g/mol. The van der Waals surface area contributed by atoms with Crippen molar-refractivity contribution in [3.8, 4) is 5.75 Å². The highest BCUT2D eigenvalue weighted by atomic mass is 127. The van der Waals surface area contributed by atoms with Crippen molar-refractivity contribution >= 4 is 46.0 Å². The molecule has 0 unspecified atom stereocenters. The lowest BCUT2D eigenvalue weighted by Gasteiger charge is -2.29. The normalized spacial score (nSPS) is 17.0. The van der Waals surface area contributed by atoms with Gasteiger partial charge in [0.05, 0.1) is 21.4 Å². The van der Waals surface area contributed by atoms with E-state index >= 15 is 0 Å². The molecule has 0 radical (unpaired) electrons. The Hall–Kier alpha value is -3.14. The van der Waals surface area contributed by atoms with Gasteiger partial charge in [0.25, 0.3) is 0 Å². The van der Waals surface area contributed by atoms with Crippen LogP contribution in [0, 0.1) is 3.57 Å². The van der Waals surface area contributed by atoms with E-state index in [0.29, 0.717) is 37.4 Å². The van der Waals surface area contributed by atoms with Crippen molar-refractivity contribution in [1.82, 2.24) is 5.32 Å². The zero-order chi connectivity index (χ0) is 23.0. The first-order valence-electron chi connectivity index (χ1n) is 10.0. The minimum absolute atomic E-state index is 0.136. The van der Waals surface area contributed by atoms with Crippen molar-refractivity contribution in [3.63, 3.8) is 0 Å². The van der Waals surface area contributed by atoms with E-state index in [9.17, 15) is 14.4 Å². The predicted octanol–water partition coefficient (Wildman–Crippen LogP) is 3.89. The molecular weight excluding hydrogens is 525 g/mol. The standard InChI is InChI=1S/C24H20INO6/c1-3-31-24(30)19-12(2)26-22-14-6-4-5-7-15(14)23(29)21(22)20(19)13-8-9-17(16(25)10-13)32-11-18(27)28/h4-10,20,26H,3,11H2,1-2H3,(H,27,28)/t20-/m0/s1. The fraction of sp³-hybridized carbons (Fsp3) is 0.208. The Labute approximate surface area is 198 Å². The highest BCUT2D eigenvalue weighted by Gasteiger charge is 2.43.